The van der Waals surface area contributed by atoms with Gasteiger partial charge in [0.25, 0.3) is 0 Å². The third-order valence-electron chi connectivity index (χ3n) is 9.99. The van der Waals surface area contributed by atoms with Crippen LogP contribution in [0, 0.1) is 0 Å². The molecule has 0 unspecified atom stereocenters. The Hall–Kier alpha value is -2.97. The van der Waals surface area contributed by atoms with E-state index in [1.54, 1.807) is 59.1 Å². The van der Waals surface area contributed by atoms with Crippen LogP contribution in [0.25, 0.3) is 0 Å². The molecular formula is C36H55NO10SSi. The number of benzene rings is 2. The Balaban J connectivity index is 2.36. The topological polar surface area (TPSA) is 127 Å². The predicted molar refractivity (Wildman–Crippen MR) is 191 cm³/mol. The fourth-order valence-electron chi connectivity index (χ4n) is 5.75. The zero-order valence-corrected chi connectivity index (χ0v) is 33.2. The molecule has 0 aliphatic carbocycles. The van der Waals surface area contributed by atoms with Gasteiger partial charge in [-0.25, -0.2) is 8.42 Å². The summed E-state index contributed by atoms with van der Waals surface area (Å²) in [7, 11) is -0.891. The number of carbonyl (C=O) groups excluding carboxylic acids is 2. The lowest BCUT2D eigenvalue weighted by Crippen LogP contribution is -2.45. The molecule has 1 fully saturated rings. The average molecular weight is 722 g/mol. The summed E-state index contributed by atoms with van der Waals surface area (Å²) in [5, 5.41) is -1.21. The van der Waals surface area contributed by atoms with E-state index in [9.17, 15) is 18.0 Å². The maximum Gasteiger partial charge on any atom is 0.315 e. The van der Waals surface area contributed by atoms with Gasteiger partial charge in [0.1, 0.15) is 16.7 Å². The Labute approximate surface area is 293 Å². The quantitative estimate of drug-likeness (QED) is 0.126. The first-order valence-corrected chi connectivity index (χ1v) is 20.8. The molecular weight excluding hydrogens is 667 g/mol. The molecule has 1 aliphatic rings. The summed E-state index contributed by atoms with van der Waals surface area (Å²) in [4.78, 5) is 26.7. The summed E-state index contributed by atoms with van der Waals surface area (Å²) >= 11 is 0. The first-order chi connectivity index (χ1) is 22.6. The molecule has 1 saturated heterocycles. The number of nitrogens with zero attached hydrogens (tertiary/aromatic N) is 1. The van der Waals surface area contributed by atoms with Gasteiger partial charge in [0, 0.05) is 31.3 Å². The zero-order valence-electron chi connectivity index (χ0n) is 31.4. The van der Waals surface area contributed by atoms with E-state index >= 15 is 0 Å². The Bertz CT molecular complexity index is 1550. The van der Waals surface area contributed by atoms with Gasteiger partial charge in [0.15, 0.2) is 15.1 Å². The Kier molecular flexibility index (Phi) is 12.5. The third kappa shape index (κ3) is 8.33. The Morgan fingerprint density at radius 2 is 1.39 bits per heavy atom. The van der Waals surface area contributed by atoms with Crippen LogP contribution < -0.4 is 9.47 Å². The lowest BCUT2D eigenvalue weighted by atomic mass is 9.76. The summed E-state index contributed by atoms with van der Waals surface area (Å²) in [6, 6.07) is 10.8. The molecule has 0 amide bonds. The maximum atomic E-state index is 14.5. The van der Waals surface area contributed by atoms with Crippen LogP contribution in [-0.2, 0) is 55.6 Å². The van der Waals surface area contributed by atoms with Crippen molar-refractivity contribution in [3.05, 3.63) is 58.7 Å². The molecule has 0 N–H and O–H groups in total. The van der Waals surface area contributed by atoms with Crippen molar-refractivity contribution >= 4 is 30.3 Å². The van der Waals surface area contributed by atoms with E-state index in [1.807, 2.05) is 12.1 Å². The molecule has 0 aromatic heterocycles. The predicted octanol–water partition coefficient (Wildman–Crippen LogP) is 6.25. The SMILES string of the molecule is COCOc1c(C(C)(C)C(=O)OC)cc([C@@H](O[Si](C)(C)C(C)(C)C)[C@H]2CCN(Cc3ccc(OC)cc3)S2(=O)=O)cc1C(C)(C)C(=O)OC. The van der Waals surface area contributed by atoms with Gasteiger partial charge in [-0.3, -0.25) is 9.59 Å². The molecule has 3 rings (SSSR count). The average Bonchev–Trinajstić information content (AvgIpc) is 3.33. The molecule has 11 nitrogen and oxygen atoms in total. The smallest absolute Gasteiger partial charge is 0.315 e. The van der Waals surface area contributed by atoms with E-state index in [1.165, 1.54) is 25.6 Å². The summed E-state index contributed by atoms with van der Waals surface area (Å²) in [5.74, 6) is -0.162. The van der Waals surface area contributed by atoms with Crippen LogP contribution in [0.2, 0.25) is 18.1 Å². The zero-order chi connectivity index (χ0) is 37.2. The highest BCUT2D eigenvalue weighted by Crippen LogP contribution is 2.48. The molecule has 2 aromatic rings. The molecule has 1 heterocycles. The monoisotopic (exact) mass is 721 g/mol. The van der Waals surface area contributed by atoms with Crippen LogP contribution in [0.4, 0.5) is 0 Å². The minimum atomic E-state index is -3.91. The highest BCUT2D eigenvalue weighted by molar-refractivity contribution is 7.90. The van der Waals surface area contributed by atoms with Crippen LogP contribution in [0.15, 0.2) is 36.4 Å². The fourth-order valence-corrected chi connectivity index (χ4v) is 9.14. The van der Waals surface area contributed by atoms with Crippen molar-refractivity contribution in [2.24, 2.45) is 0 Å². The van der Waals surface area contributed by atoms with Crippen LogP contribution in [0.5, 0.6) is 11.5 Å². The lowest BCUT2D eigenvalue weighted by molar-refractivity contribution is -0.146. The molecule has 0 spiro atoms. The molecule has 49 heavy (non-hydrogen) atoms. The van der Waals surface area contributed by atoms with Gasteiger partial charge in [-0.05, 0) is 87.6 Å². The minimum absolute atomic E-state index is 0.172. The third-order valence-corrected chi connectivity index (χ3v) is 16.7. The van der Waals surface area contributed by atoms with E-state index in [-0.39, 0.29) is 24.1 Å². The van der Waals surface area contributed by atoms with E-state index in [0.717, 1.165) is 5.56 Å². The summed E-state index contributed by atoms with van der Waals surface area (Å²) in [6.07, 6.45) is -0.631. The van der Waals surface area contributed by atoms with Gasteiger partial charge in [0.2, 0.25) is 10.0 Å². The highest BCUT2D eigenvalue weighted by Gasteiger charge is 2.50. The van der Waals surface area contributed by atoms with Crippen molar-refractivity contribution in [3.63, 3.8) is 0 Å². The van der Waals surface area contributed by atoms with Crippen molar-refractivity contribution in [2.45, 2.75) is 102 Å². The van der Waals surface area contributed by atoms with E-state index < -0.39 is 52.5 Å². The van der Waals surface area contributed by atoms with E-state index in [4.69, 9.17) is 28.1 Å². The highest BCUT2D eigenvalue weighted by atomic mass is 32.2. The second-order valence-corrected chi connectivity index (χ2v) is 22.0. The number of methoxy groups -OCH3 is 4. The van der Waals surface area contributed by atoms with E-state index in [2.05, 4.69) is 33.9 Å². The number of ether oxygens (including phenoxy) is 5. The van der Waals surface area contributed by atoms with Crippen molar-refractivity contribution in [1.82, 2.24) is 4.31 Å². The molecule has 2 aromatic carbocycles. The van der Waals surface area contributed by atoms with Crippen LogP contribution in [0.1, 0.15) is 83.2 Å². The second-order valence-electron chi connectivity index (χ2n) is 15.1. The van der Waals surface area contributed by atoms with E-state index in [0.29, 0.717) is 35.4 Å². The first kappa shape index (κ1) is 40.5. The molecule has 0 radical (unpaired) electrons. The summed E-state index contributed by atoms with van der Waals surface area (Å²) in [6.45, 7) is 17.5. The van der Waals surface area contributed by atoms with Crippen molar-refractivity contribution in [3.8, 4) is 11.5 Å². The Morgan fingerprint density at radius 1 is 0.878 bits per heavy atom. The van der Waals surface area contributed by atoms with Gasteiger partial charge in [-0.1, -0.05) is 32.9 Å². The number of esters is 2. The number of hydrogen-bond acceptors (Lipinski definition) is 10. The van der Waals surface area contributed by atoms with Gasteiger partial charge in [-0.2, -0.15) is 4.31 Å². The minimum Gasteiger partial charge on any atom is -0.497 e. The van der Waals surface area contributed by atoms with Crippen LogP contribution >= 0.6 is 0 Å². The first-order valence-electron chi connectivity index (χ1n) is 16.4. The summed E-state index contributed by atoms with van der Waals surface area (Å²) < 4.78 is 64.7. The number of sulfonamides is 1. The van der Waals surface area contributed by atoms with Crippen molar-refractivity contribution < 1.29 is 46.1 Å². The lowest BCUT2D eigenvalue weighted by Gasteiger charge is -2.41. The molecule has 2 atom stereocenters. The molecule has 1 aliphatic heterocycles. The van der Waals surface area contributed by atoms with Crippen molar-refractivity contribution in [2.75, 3.05) is 41.8 Å². The van der Waals surface area contributed by atoms with Crippen LogP contribution in [-0.4, -0.2) is 80.0 Å². The Morgan fingerprint density at radius 3 is 1.82 bits per heavy atom. The molecule has 274 valence electrons. The standard InChI is InChI=1S/C36H55NO10SSi/c1-34(2,3)49(12,13)47-30(29-18-19-37(48(29,40)41)22-24-14-16-26(43-9)17-15-24)25-20-27(35(4,5)32(38)44-10)31(46-23-42-8)28(21-25)36(6,7)33(39)45-11/h14-17,20-21,29-30H,18-19,22-23H2,1-13H3/t29-,30-/m1/s1. The molecule has 0 bridgehead atoms. The van der Waals surface area contributed by atoms with Crippen molar-refractivity contribution in [1.29, 1.82) is 0 Å². The maximum absolute atomic E-state index is 14.5. The largest absolute Gasteiger partial charge is 0.497 e. The van der Waals surface area contributed by atoms with Gasteiger partial charge in [0.05, 0.1) is 38.3 Å². The summed E-state index contributed by atoms with van der Waals surface area (Å²) in [5.41, 5.74) is -0.439. The fraction of sp³-hybridized carbons (Fsp3) is 0.611. The second kappa shape index (κ2) is 15.1. The molecule has 13 heteroatoms. The van der Waals surface area contributed by atoms with Gasteiger partial charge < -0.3 is 28.1 Å². The normalized spacial score (nSPS) is 17.8. The van der Waals surface area contributed by atoms with Gasteiger partial charge >= 0.3 is 11.9 Å². The number of hydrogen-bond donors (Lipinski definition) is 0. The molecule has 0 saturated carbocycles. The number of carbonyl (C=O) groups is 2. The number of rotatable bonds is 14. The van der Waals surface area contributed by atoms with Crippen LogP contribution in [0.3, 0.4) is 0 Å². The van der Waals surface area contributed by atoms with Gasteiger partial charge in [-0.15, -0.1) is 0 Å².